The van der Waals surface area contributed by atoms with Crippen LogP contribution in [0.4, 0.5) is 5.69 Å². The lowest BCUT2D eigenvalue weighted by Gasteiger charge is -2.19. The summed E-state index contributed by atoms with van der Waals surface area (Å²) >= 11 is 0. The highest BCUT2D eigenvalue weighted by atomic mass is 32.2. The lowest BCUT2D eigenvalue weighted by atomic mass is 10.2. The van der Waals surface area contributed by atoms with Crippen LogP contribution in [0.15, 0.2) is 29.2 Å². The molecule has 2 atom stereocenters. The van der Waals surface area contributed by atoms with Gasteiger partial charge in [-0.25, -0.2) is 12.7 Å². The highest BCUT2D eigenvalue weighted by molar-refractivity contribution is 7.89. The van der Waals surface area contributed by atoms with Crippen molar-refractivity contribution in [2.24, 2.45) is 5.73 Å². The first kappa shape index (κ1) is 15.9. The normalized spacial score (nSPS) is 15.3. The Morgan fingerprint density at radius 1 is 1.37 bits per heavy atom. The number of benzene rings is 1. The molecule has 0 radical (unpaired) electrons. The van der Waals surface area contributed by atoms with Crippen molar-refractivity contribution in [2.75, 3.05) is 26.0 Å². The molecule has 0 amide bonds. The van der Waals surface area contributed by atoms with E-state index in [1.807, 2.05) is 0 Å². The summed E-state index contributed by atoms with van der Waals surface area (Å²) in [6.45, 7) is 1.88. The van der Waals surface area contributed by atoms with Gasteiger partial charge in [0.15, 0.2) is 0 Å². The number of rotatable bonds is 6. The van der Waals surface area contributed by atoms with Crippen molar-refractivity contribution >= 4 is 15.7 Å². The summed E-state index contributed by atoms with van der Waals surface area (Å²) in [4.78, 5) is 0.192. The fourth-order valence-corrected chi connectivity index (χ4v) is 2.49. The van der Waals surface area contributed by atoms with Gasteiger partial charge in [0.2, 0.25) is 10.0 Å². The Labute approximate surface area is 114 Å². The summed E-state index contributed by atoms with van der Waals surface area (Å²) in [6, 6.07) is 6.15. The van der Waals surface area contributed by atoms with E-state index in [0.717, 1.165) is 4.31 Å². The zero-order valence-corrected chi connectivity index (χ0v) is 12.2. The zero-order chi connectivity index (χ0) is 14.6. The highest BCUT2D eigenvalue weighted by Gasteiger charge is 2.21. The first-order valence-corrected chi connectivity index (χ1v) is 7.40. The number of nitrogens with zero attached hydrogens (tertiary/aromatic N) is 1. The van der Waals surface area contributed by atoms with Crippen molar-refractivity contribution < 1.29 is 13.5 Å². The Kier molecular flexibility index (Phi) is 5.30. The first-order valence-electron chi connectivity index (χ1n) is 5.96. The van der Waals surface area contributed by atoms with E-state index < -0.39 is 22.2 Å². The third-order valence-corrected chi connectivity index (χ3v) is 4.67. The largest absolute Gasteiger partial charge is 0.392 e. The minimum Gasteiger partial charge on any atom is -0.392 e. The molecule has 0 aliphatic heterocycles. The zero-order valence-electron chi connectivity index (χ0n) is 11.4. The predicted octanol–water partition coefficient (Wildman–Crippen LogP) is 0.0569. The maximum Gasteiger partial charge on any atom is 0.244 e. The fraction of sp³-hybridized carbons (Fsp3) is 0.500. The minimum atomic E-state index is -3.51. The molecule has 0 heterocycles. The number of aliphatic hydroxyl groups is 1. The SMILES string of the molecule is CC(O)C(N)CNc1ccccc1S(=O)(=O)N(C)C. The average Bonchev–Trinajstić information content (AvgIpc) is 2.35. The van der Waals surface area contributed by atoms with Crippen LogP contribution in [0.1, 0.15) is 6.92 Å². The number of anilines is 1. The number of sulfonamides is 1. The lowest BCUT2D eigenvalue weighted by molar-refractivity contribution is 0.168. The molecule has 0 fully saturated rings. The van der Waals surface area contributed by atoms with E-state index in [1.54, 1.807) is 25.1 Å². The van der Waals surface area contributed by atoms with E-state index in [0.29, 0.717) is 5.69 Å². The van der Waals surface area contributed by atoms with Gasteiger partial charge in [-0.05, 0) is 19.1 Å². The van der Waals surface area contributed by atoms with Gasteiger partial charge < -0.3 is 16.2 Å². The number of hydrogen-bond donors (Lipinski definition) is 3. The average molecular weight is 287 g/mol. The van der Waals surface area contributed by atoms with Gasteiger partial charge in [-0.2, -0.15) is 0 Å². The molecule has 0 aliphatic carbocycles. The molecule has 108 valence electrons. The summed E-state index contributed by atoms with van der Waals surface area (Å²) in [5, 5.41) is 12.3. The molecule has 6 nitrogen and oxygen atoms in total. The van der Waals surface area contributed by atoms with E-state index in [-0.39, 0.29) is 11.4 Å². The van der Waals surface area contributed by atoms with Gasteiger partial charge in [0.1, 0.15) is 4.90 Å². The van der Waals surface area contributed by atoms with Gasteiger partial charge in [-0.15, -0.1) is 0 Å². The lowest BCUT2D eigenvalue weighted by Crippen LogP contribution is -2.39. The van der Waals surface area contributed by atoms with Crippen LogP contribution >= 0.6 is 0 Å². The molecular weight excluding hydrogens is 266 g/mol. The Hall–Kier alpha value is -1.15. The molecule has 1 aromatic carbocycles. The van der Waals surface area contributed by atoms with Crippen LogP contribution in [-0.4, -0.2) is 50.6 Å². The van der Waals surface area contributed by atoms with E-state index in [2.05, 4.69) is 5.32 Å². The van der Waals surface area contributed by atoms with Crippen molar-refractivity contribution in [2.45, 2.75) is 24.0 Å². The molecule has 0 aliphatic rings. The molecular formula is C12H21N3O3S. The molecule has 0 saturated carbocycles. The number of nitrogens with two attached hydrogens (primary N) is 1. The van der Waals surface area contributed by atoms with E-state index in [4.69, 9.17) is 5.73 Å². The van der Waals surface area contributed by atoms with Crippen molar-refractivity contribution in [3.63, 3.8) is 0 Å². The highest BCUT2D eigenvalue weighted by Crippen LogP contribution is 2.22. The molecule has 0 bridgehead atoms. The molecule has 0 spiro atoms. The van der Waals surface area contributed by atoms with Crippen molar-refractivity contribution in [3.8, 4) is 0 Å². The Morgan fingerprint density at radius 2 is 1.95 bits per heavy atom. The van der Waals surface area contributed by atoms with Crippen LogP contribution in [0.25, 0.3) is 0 Å². The molecule has 4 N–H and O–H groups in total. The van der Waals surface area contributed by atoms with Crippen LogP contribution in [0.2, 0.25) is 0 Å². The van der Waals surface area contributed by atoms with Crippen molar-refractivity contribution in [1.29, 1.82) is 0 Å². The van der Waals surface area contributed by atoms with Crippen molar-refractivity contribution in [1.82, 2.24) is 4.31 Å². The smallest absolute Gasteiger partial charge is 0.244 e. The quantitative estimate of drug-likeness (QED) is 0.687. The Bertz CT molecular complexity index is 515. The number of nitrogens with one attached hydrogen (secondary N) is 1. The number of para-hydroxylation sites is 1. The van der Waals surface area contributed by atoms with Gasteiger partial charge in [0.05, 0.1) is 11.8 Å². The van der Waals surface area contributed by atoms with Crippen LogP contribution < -0.4 is 11.1 Å². The van der Waals surface area contributed by atoms with E-state index in [9.17, 15) is 13.5 Å². The van der Waals surface area contributed by atoms with Crippen LogP contribution in [0.5, 0.6) is 0 Å². The Morgan fingerprint density at radius 3 is 2.47 bits per heavy atom. The second kappa shape index (κ2) is 6.33. The van der Waals surface area contributed by atoms with Gasteiger partial charge in [-0.3, -0.25) is 0 Å². The van der Waals surface area contributed by atoms with E-state index >= 15 is 0 Å². The second-order valence-corrected chi connectivity index (χ2v) is 6.69. The molecule has 2 unspecified atom stereocenters. The van der Waals surface area contributed by atoms with Gasteiger partial charge >= 0.3 is 0 Å². The fourth-order valence-electron chi connectivity index (χ4n) is 1.43. The first-order chi connectivity index (χ1) is 8.76. The molecule has 7 heteroatoms. The van der Waals surface area contributed by atoms with Crippen LogP contribution in [0, 0.1) is 0 Å². The van der Waals surface area contributed by atoms with Crippen LogP contribution in [-0.2, 0) is 10.0 Å². The molecule has 1 aromatic rings. The summed E-state index contributed by atoms with van der Waals surface area (Å²) in [6.07, 6.45) is -0.662. The number of hydrogen-bond acceptors (Lipinski definition) is 5. The molecule has 0 aromatic heterocycles. The van der Waals surface area contributed by atoms with Gasteiger partial charge in [0, 0.05) is 26.7 Å². The maximum atomic E-state index is 12.1. The van der Waals surface area contributed by atoms with Crippen LogP contribution in [0.3, 0.4) is 0 Å². The summed E-state index contributed by atoms with van der Waals surface area (Å²) in [5.74, 6) is 0. The van der Waals surface area contributed by atoms with Crippen molar-refractivity contribution in [3.05, 3.63) is 24.3 Å². The molecule has 1 rings (SSSR count). The standard InChI is InChI=1S/C12H21N3O3S/c1-9(16)10(13)8-14-11-6-4-5-7-12(11)19(17,18)15(2)3/h4-7,9-10,14,16H,8,13H2,1-3H3. The monoisotopic (exact) mass is 287 g/mol. The molecule has 0 saturated heterocycles. The van der Waals surface area contributed by atoms with Gasteiger partial charge in [0.25, 0.3) is 0 Å². The maximum absolute atomic E-state index is 12.1. The predicted molar refractivity (Wildman–Crippen MR) is 75.5 cm³/mol. The minimum absolute atomic E-state index is 0.192. The van der Waals surface area contributed by atoms with Gasteiger partial charge in [-0.1, -0.05) is 12.1 Å². The third-order valence-electron chi connectivity index (χ3n) is 2.79. The summed E-state index contributed by atoms with van der Waals surface area (Å²) in [7, 11) is -0.549. The Balaban J connectivity index is 2.98. The third kappa shape index (κ3) is 3.90. The second-order valence-electron chi connectivity index (χ2n) is 4.57. The number of aliphatic hydroxyl groups excluding tert-OH is 1. The molecule has 19 heavy (non-hydrogen) atoms. The topological polar surface area (TPSA) is 95.7 Å². The summed E-state index contributed by atoms with van der Waals surface area (Å²) in [5.41, 5.74) is 6.19. The summed E-state index contributed by atoms with van der Waals surface area (Å²) < 4.78 is 25.4. The van der Waals surface area contributed by atoms with E-state index in [1.165, 1.54) is 20.2 Å².